The Kier molecular flexibility index (Phi) is 4.33. The fourth-order valence-electron chi connectivity index (χ4n) is 2.77. The van der Waals surface area contributed by atoms with Crippen LogP contribution >= 0.6 is 0 Å². The number of hydrogen-bond donors (Lipinski definition) is 2. The topological polar surface area (TPSA) is 81.4 Å². The van der Waals surface area contributed by atoms with E-state index in [0.717, 1.165) is 5.56 Å². The maximum absolute atomic E-state index is 12.7. The second kappa shape index (κ2) is 5.59. The van der Waals surface area contributed by atoms with Crippen molar-refractivity contribution < 1.29 is 13.2 Å². The predicted molar refractivity (Wildman–Crippen MR) is 83.7 cm³/mol. The van der Waals surface area contributed by atoms with E-state index < -0.39 is 10.0 Å². The van der Waals surface area contributed by atoms with Crippen molar-refractivity contribution in [2.24, 2.45) is 0 Å². The van der Waals surface area contributed by atoms with Crippen LogP contribution in [0.15, 0.2) is 17.0 Å². The van der Waals surface area contributed by atoms with Gasteiger partial charge in [-0.2, -0.15) is 0 Å². The fraction of sp³-hybridized carbons (Fsp3) is 0.600. The molecular weight excluding hydrogens is 288 g/mol. The van der Waals surface area contributed by atoms with Gasteiger partial charge in [0.2, 0.25) is 10.0 Å². The summed E-state index contributed by atoms with van der Waals surface area (Å²) in [5.74, 6) is 0. The van der Waals surface area contributed by atoms with E-state index in [4.69, 9.17) is 10.5 Å². The Morgan fingerprint density at radius 1 is 1.29 bits per heavy atom. The molecule has 6 heteroatoms. The van der Waals surface area contributed by atoms with Crippen molar-refractivity contribution >= 4 is 15.7 Å². The molecule has 118 valence electrons. The third-order valence-corrected chi connectivity index (χ3v) is 5.62. The average molecular weight is 312 g/mol. The molecule has 0 radical (unpaired) electrons. The summed E-state index contributed by atoms with van der Waals surface area (Å²) in [5, 5.41) is 0. The van der Waals surface area contributed by atoms with Crippen LogP contribution in [0, 0.1) is 13.8 Å². The molecule has 1 unspecified atom stereocenters. The number of nitrogens with one attached hydrogen (secondary N) is 1. The lowest BCUT2D eigenvalue weighted by Crippen LogP contribution is -2.45. The van der Waals surface area contributed by atoms with E-state index in [1.54, 1.807) is 13.0 Å². The number of rotatable bonds is 3. The Bertz CT molecular complexity index is 639. The van der Waals surface area contributed by atoms with Gasteiger partial charge in [-0.1, -0.05) is 12.1 Å². The van der Waals surface area contributed by atoms with Gasteiger partial charge in [0.05, 0.1) is 11.3 Å². The van der Waals surface area contributed by atoms with Gasteiger partial charge in [0.15, 0.2) is 0 Å². The molecule has 3 N–H and O–H groups in total. The third kappa shape index (κ3) is 3.56. The molecule has 0 aromatic heterocycles. The van der Waals surface area contributed by atoms with E-state index in [0.29, 0.717) is 30.7 Å². The van der Waals surface area contributed by atoms with Crippen molar-refractivity contribution in [2.45, 2.75) is 57.1 Å². The van der Waals surface area contributed by atoms with Gasteiger partial charge < -0.3 is 10.5 Å². The van der Waals surface area contributed by atoms with Crippen LogP contribution in [0.5, 0.6) is 0 Å². The fourth-order valence-corrected chi connectivity index (χ4v) is 4.47. The second-order valence-corrected chi connectivity index (χ2v) is 8.01. The van der Waals surface area contributed by atoms with Gasteiger partial charge in [-0.05, 0) is 51.7 Å². The van der Waals surface area contributed by atoms with Gasteiger partial charge in [0.1, 0.15) is 4.90 Å². The normalized spacial score (nSPS) is 22.2. The number of nitrogens with two attached hydrogens (primary N) is 1. The zero-order chi connectivity index (χ0) is 15.8. The molecule has 0 bridgehead atoms. The molecule has 1 aliphatic rings. The lowest BCUT2D eigenvalue weighted by molar-refractivity contribution is -0.0599. The summed E-state index contributed by atoms with van der Waals surface area (Å²) in [6.07, 6.45) is 1.32. The van der Waals surface area contributed by atoms with E-state index in [2.05, 4.69) is 4.72 Å². The highest BCUT2D eigenvalue weighted by molar-refractivity contribution is 7.89. The number of benzene rings is 1. The Morgan fingerprint density at radius 2 is 1.90 bits per heavy atom. The molecule has 1 saturated heterocycles. The minimum atomic E-state index is -3.62. The Morgan fingerprint density at radius 3 is 2.52 bits per heavy atom. The molecular formula is C15H24N2O3S. The number of aryl methyl sites for hydroxylation is 2. The van der Waals surface area contributed by atoms with Gasteiger partial charge in [-0.15, -0.1) is 0 Å². The standard InChI is InChI=1S/C15H24N2O3S/c1-10-5-6-11(2)14(13(10)16)21(18,19)17-12-7-8-20-15(3,4)9-12/h5-6,12,17H,7-9,16H2,1-4H3. The number of nitrogen functional groups attached to an aromatic ring is 1. The van der Waals surface area contributed by atoms with Crippen molar-refractivity contribution in [1.82, 2.24) is 4.72 Å². The predicted octanol–water partition coefficient (Wildman–Crippen LogP) is 2.12. The first-order valence-corrected chi connectivity index (χ1v) is 8.63. The highest BCUT2D eigenvalue weighted by atomic mass is 32.2. The van der Waals surface area contributed by atoms with Crippen LogP contribution in [0.1, 0.15) is 37.8 Å². The zero-order valence-corrected chi connectivity index (χ0v) is 13.9. The highest BCUT2D eigenvalue weighted by Crippen LogP contribution is 2.29. The largest absolute Gasteiger partial charge is 0.397 e. The minimum absolute atomic E-state index is 0.127. The molecule has 0 amide bonds. The molecule has 1 aliphatic heterocycles. The summed E-state index contributed by atoms with van der Waals surface area (Å²) in [4.78, 5) is 0.201. The smallest absolute Gasteiger partial charge is 0.243 e. The third-order valence-electron chi connectivity index (χ3n) is 3.90. The van der Waals surface area contributed by atoms with Crippen molar-refractivity contribution in [3.63, 3.8) is 0 Å². The zero-order valence-electron chi connectivity index (χ0n) is 13.1. The van der Waals surface area contributed by atoms with E-state index >= 15 is 0 Å². The van der Waals surface area contributed by atoms with Crippen molar-refractivity contribution in [1.29, 1.82) is 0 Å². The SMILES string of the molecule is Cc1ccc(C)c(S(=O)(=O)NC2CCOC(C)(C)C2)c1N. The van der Waals surface area contributed by atoms with Crippen molar-refractivity contribution in [3.8, 4) is 0 Å². The van der Waals surface area contributed by atoms with Crippen molar-refractivity contribution in [3.05, 3.63) is 23.3 Å². The highest BCUT2D eigenvalue weighted by Gasteiger charge is 2.32. The van der Waals surface area contributed by atoms with Gasteiger partial charge in [-0.25, -0.2) is 13.1 Å². The lowest BCUT2D eigenvalue weighted by Gasteiger charge is -2.35. The summed E-state index contributed by atoms with van der Waals surface area (Å²) < 4.78 is 33.8. The summed E-state index contributed by atoms with van der Waals surface area (Å²) in [6.45, 7) is 8.07. The first-order valence-electron chi connectivity index (χ1n) is 7.14. The van der Waals surface area contributed by atoms with Gasteiger partial charge >= 0.3 is 0 Å². The summed E-state index contributed by atoms with van der Waals surface area (Å²) in [5.41, 5.74) is 7.44. The lowest BCUT2D eigenvalue weighted by atomic mass is 9.95. The van der Waals surface area contributed by atoms with Crippen LogP contribution in [0.2, 0.25) is 0 Å². The van der Waals surface area contributed by atoms with Crippen LogP contribution in [-0.4, -0.2) is 26.7 Å². The first kappa shape index (κ1) is 16.3. The second-order valence-electron chi connectivity index (χ2n) is 6.36. The summed E-state index contributed by atoms with van der Waals surface area (Å²) >= 11 is 0. The molecule has 1 atom stereocenters. The Balaban J connectivity index is 2.29. The van der Waals surface area contributed by atoms with Crippen LogP contribution in [-0.2, 0) is 14.8 Å². The Labute approximate surface area is 126 Å². The van der Waals surface area contributed by atoms with E-state index in [9.17, 15) is 8.42 Å². The van der Waals surface area contributed by atoms with Crippen molar-refractivity contribution in [2.75, 3.05) is 12.3 Å². The first-order chi connectivity index (χ1) is 9.62. The van der Waals surface area contributed by atoms with Gasteiger partial charge in [0.25, 0.3) is 0 Å². The van der Waals surface area contributed by atoms with Crippen LogP contribution in [0.25, 0.3) is 0 Å². The molecule has 0 saturated carbocycles. The monoisotopic (exact) mass is 312 g/mol. The van der Waals surface area contributed by atoms with Crippen LogP contribution in [0.4, 0.5) is 5.69 Å². The average Bonchev–Trinajstić information content (AvgIpc) is 2.32. The van der Waals surface area contributed by atoms with Crippen LogP contribution in [0.3, 0.4) is 0 Å². The molecule has 21 heavy (non-hydrogen) atoms. The molecule has 0 spiro atoms. The number of sulfonamides is 1. The number of hydrogen-bond acceptors (Lipinski definition) is 4. The minimum Gasteiger partial charge on any atom is -0.397 e. The molecule has 0 aliphatic carbocycles. The van der Waals surface area contributed by atoms with Crippen LogP contribution < -0.4 is 10.5 Å². The molecule has 2 rings (SSSR count). The van der Waals surface area contributed by atoms with Gasteiger partial charge in [0, 0.05) is 12.6 Å². The van der Waals surface area contributed by atoms with E-state index in [-0.39, 0.29) is 16.5 Å². The maximum Gasteiger partial charge on any atom is 0.243 e. The summed E-state index contributed by atoms with van der Waals surface area (Å²) in [7, 11) is -3.62. The maximum atomic E-state index is 12.7. The van der Waals surface area contributed by atoms with E-state index in [1.165, 1.54) is 0 Å². The molecule has 1 heterocycles. The van der Waals surface area contributed by atoms with Gasteiger partial charge in [-0.3, -0.25) is 0 Å². The Hall–Kier alpha value is -1.11. The van der Waals surface area contributed by atoms with E-state index in [1.807, 2.05) is 26.8 Å². The number of anilines is 1. The quantitative estimate of drug-likeness (QED) is 0.838. The molecule has 1 fully saturated rings. The molecule has 1 aromatic rings. The number of ether oxygens (including phenoxy) is 1. The molecule has 5 nitrogen and oxygen atoms in total. The summed E-state index contributed by atoms with van der Waals surface area (Å²) in [6, 6.07) is 3.49. The molecule has 1 aromatic carbocycles.